The molecule has 1 rings (SSSR count). The van der Waals surface area contributed by atoms with Crippen LogP contribution in [0.5, 0.6) is 0 Å². The van der Waals surface area contributed by atoms with E-state index in [9.17, 15) is 9.59 Å². The number of hydrogen-bond donors (Lipinski definition) is 1. The third kappa shape index (κ3) is 2.20. The number of carbonyl (C=O) groups is 2. The lowest BCUT2D eigenvalue weighted by Crippen LogP contribution is -2.21. The Kier molecular flexibility index (Phi) is 3.30. The molecule has 1 unspecified atom stereocenters. The van der Waals surface area contributed by atoms with Gasteiger partial charge in [0.25, 0.3) is 5.91 Å². The number of Topliss-reactive ketones (excluding diaryl/α,β-unsaturated/α-hetero) is 1. The van der Waals surface area contributed by atoms with E-state index >= 15 is 0 Å². The fourth-order valence-electron chi connectivity index (χ4n) is 1.27. The van der Waals surface area contributed by atoms with Gasteiger partial charge in [-0.05, 0) is 13.8 Å². The van der Waals surface area contributed by atoms with E-state index in [1.165, 1.54) is 13.1 Å². The summed E-state index contributed by atoms with van der Waals surface area (Å²) in [6, 6.07) is 1.72. The SMILES string of the molecule is CC(=O)C1C=NC(C#N)=C(C(N)=O)N=C1C. The Morgan fingerprint density at radius 1 is 1.56 bits per heavy atom. The largest absolute Gasteiger partial charge is 0.364 e. The molecule has 1 aliphatic rings. The average molecular weight is 218 g/mol. The molecular weight excluding hydrogens is 208 g/mol. The van der Waals surface area contributed by atoms with E-state index in [1.54, 1.807) is 13.0 Å². The summed E-state index contributed by atoms with van der Waals surface area (Å²) in [7, 11) is 0. The van der Waals surface area contributed by atoms with Gasteiger partial charge >= 0.3 is 0 Å². The molecule has 0 aromatic heterocycles. The van der Waals surface area contributed by atoms with Crippen LogP contribution in [0, 0.1) is 17.2 Å². The zero-order valence-corrected chi connectivity index (χ0v) is 8.89. The number of nitrogens with two attached hydrogens (primary N) is 1. The highest BCUT2D eigenvalue weighted by Crippen LogP contribution is 2.14. The van der Waals surface area contributed by atoms with Gasteiger partial charge in [0.2, 0.25) is 0 Å². The molecule has 0 spiro atoms. The Bertz CT molecular complexity index is 480. The molecule has 0 radical (unpaired) electrons. The maximum atomic E-state index is 11.2. The molecule has 0 saturated carbocycles. The predicted molar refractivity (Wildman–Crippen MR) is 57.6 cm³/mol. The summed E-state index contributed by atoms with van der Waals surface area (Å²) in [6.07, 6.45) is 1.30. The second-order valence-electron chi connectivity index (χ2n) is 3.29. The lowest BCUT2D eigenvalue weighted by molar-refractivity contribution is -0.117. The summed E-state index contributed by atoms with van der Waals surface area (Å²) in [6.45, 7) is 2.97. The van der Waals surface area contributed by atoms with Crippen LogP contribution in [0.3, 0.4) is 0 Å². The van der Waals surface area contributed by atoms with Crippen molar-refractivity contribution in [2.24, 2.45) is 21.6 Å². The first-order chi connectivity index (χ1) is 7.47. The number of amides is 1. The lowest BCUT2D eigenvalue weighted by atomic mass is 10.0. The van der Waals surface area contributed by atoms with Crippen molar-refractivity contribution < 1.29 is 9.59 Å². The number of primary amides is 1. The smallest absolute Gasteiger partial charge is 0.270 e. The van der Waals surface area contributed by atoms with Crippen LogP contribution in [0.1, 0.15) is 13.8 Å². The fourth-order valence-corrected chi connectivity index (χ4v) is 1.27. The Hall–Kier alpha value is -2.29. The molecule has 82 valence electrons. The topological polar surface area (TPSA) is 109 Å². The molecule has 1 amide bonds. The summed E-state index contributed by atoms with van der Waals surface area (Å²) in [5.74, 6) is -1.61. The van der Waals surface area contributed by atoms with Crippen molar-refractivity contribution in [1.82, 2.24) is 0 Å². The molecule has 1 aliphatic heterocycles. The Balaban J connectivity index is 3.32. The average Bonchev–Trinajstić information content (AvgIpc) is 2.36. The summed E-state index contributed by atoms with van der Waals surface area (Å²) >= 11 is 0. The van der Waals surface area contributed by atoms with Gasteiger partial charge in [-0.2, -0.15) is 5.26 Å². The van der Waals surface area contributed by atoms with Crippen LogP contribution in [-0.2, 0) is 9.59 Å². The van der Waals surface area contributed by atoms with E-state index < -0.39 is 11.8 Å². The molecule has 0 fully saturated rings. The molecule has 16 heavy (non-hydrogen) atoms. The molecule has 0 aromatic rings. The quantitative estimate of drug-likeness (QED) is 0.702. The fraction of sp³-hybridized carbons (Fsp3) is 0.300. The maximum Gasteiger partial charge on any atom is 0.270 e. The van der Waals surface area contributed by atoms with E-state index in [1.807, 2.05) is 0 Å². The molecular formula is C10H10N4O2. The van der Waals surface area contributed by atoms with Crippen molar-refractivity contribution in [2.45, 2.75) is 13.8 Å². The van der Waals surface area contributed by atoms with Crippen LogP contribution >= 0.6 is 0 Å². The molecule has 6 heteroatoms. The van der Waals surface area contributed by atoms with Gasteiger partial charge in [0.1, 0.15) is 11.9 Å². The third-order valence-electron chi connectivity index (χ3n) is 2.09. The first-order valence-corrected chi connectivity index (χ1v) is 4.51. The first kappa shape index (κ1) is 11.8. The molecule has 0 bridgehead atoms. The highest BCUT2D eigenvalue weighted by molar-refractivity contribution is 6.16. The van der Waals surface area contributed by atoms with Crippen LogP contribution in [0.15, 0.2) is 21.4 Å². The maximum absolute atomic E-state index is 11.2. The van der Waals surface area contributed by atoms with Crippen LogP contribution in [-0.4, -0.2) is 23.6 Å². The minimum atomic E-state index is -0.836. The lowest BCUT2D eigenvalue weighted by Gasteiger charge is -2.05. The zero-order valence-electron chi connectivity index (χ0n) is 8.89. The molecule has 1 atom stereocenters. The van der Waals surface area contributed by atoms with E-state index in [4.69, 9.17) is 11.0 Å². The summed E-state index contributed by atoms with van der Waals surface area (Å²) in [4.78, 5) is 29.9. The number of aliphatic imine (C=N–C) groups is 2. The number of carbonyl (C=O) groups excluding carboxylic acids is 2. The van der Waals surface area contributed by atoms with Crippen molar-refractivity contribution >= 4 is 23.6 Å². The Morgan fingerprint density at radius 3 is 2.62 bits per heavy atom. The minimum absolute atomic E-state index is 0.159. The van der Waals surface area contributed by atoms with Crippen LogP contribution in [0.25, 0.3) is 0 Å². The van der Waals surface area contributed by atoms with E-state index in [0.29, 0.717) is 5.71 Å². The van der Waals surface area contributed by atoms with Crippen molar-refractivity contribution in [3.05, 3.63) is 11.4 Å². The molecule has 0 aliphatic carbocycles. The van der Waals surface area contributed by atoms with Gasteiger partial charge < -0.3 is 5.73 Å². The van der Waals surface area contributed by atoms with Crippen LogP contribution in [0.4, 0.5) is 0 Å². The van der Waals surface area contributed by atoms with Crippen molar-refractivity contribution in [1.29, 1.82) is 5.26 Å². The van der Waals surface area contributed by atoms with Gasteiger partial charge in [-0.3, -0.25) is 9.59 Å². The van der Waals surface area contributed by atoms with Gasteiger partial charge in [0.15, 0.2) is 11.4 Å². The number of rotatable bonds is 2. The summed E-state index contributed by atoms with van der Waals surface area (Å²) in [5, 5.41) is 8.76. The number of hydrogen-bond acceptors (Lipinski definition) is 5. The van der Waals surface area contributed by atoms with Gasteiger partial charge in [-0.1, -0.05) is 0 Å². The van der Waals surface area contributed by atoms with Crippen LogP contribution < -0.4 is 5.73 Å². The first-order valence-electron chi connectivity index (χ1n) is 4.51. The number of nitrogens with zero attached hydrogens (tertiary/aromatic N) is 3. The van der Waals surface area contributed by atoms with Crippen molar-refractivity contribution in [3.8, 4) is 6.07 Å². The minimum Gasteiger partial charge on any atom is -0.364 e. The highest BCUT2D eigenvalue weighted by atomic mass is 16.1. The van der Waals surface area contributed by atoms with Gasteiger partial charge in [-0.15, -0.1) is 0 Å². The Morgan fingerprint density at radius 2 is 2.19 bits per heavy atom. The Labute approximate surface area is 92.2 Å². The molecule has 6 nitrogen and oxygen atoms in total. The third-order valence-corrected chi connectivity index (χ3v) is 2.09. The van der Waals surface area contributed by atoms with Gasteiger partial charge in [0.05, 0.1) is 5.92 Å². The van der Waals surface area contributed by atoms with Crippen molar-refractivity contribution in [2.75, 3.05) is 0 Å². The highest BCUT2D eigenvalue weighted by Gasteiger charge is 2.21. The standard InChI is InChI=1S/C10H10N4O2/c1-5-7(6(2)15)4-13-8(3-11)9(14-5)10(12)16/h4,7H,1-2H3,(H2,12,16). The molecule has 0 aromatic carbocycles. The molecule has 2 N–H and O–H groups in total. The van der Waals surface area contributed by atoms with Crippen LogP contribution in [0.2, 0.25) is 0 Å². The molecule has 1 heterocycles. The van der Waals surface area contributed by atoms with Gasteiger partial charge in [0, 0.05) is 11.9 Å². The zero-order chi connectivity index (χ0) is 12.3. The monoisotopic (exact) mass is 218 g/mol. The number of nitriles is 1. The number of allylic oxidation sites excluding steroid dienone is 1. The second-order valence-corrected chi connectivity index (χ2v) is 3.29. The van der Waals surface area contributed by atoms with Gasteiger partial charge in [-0.25, -0.2) is 9.98 Å². The molecule has 0 saturated heterocycles. The van der Waals surface area contributed by atoms with E-state index in [-0.39, 0.29) is 17.2 Å². The van der Waals surface area contributed by atoms with E-state index in [0.717, 1.165) is 0 Å². The normalized spacial score (nSPS) is 19.8. The van der Waals surface area contributed by atoms with E-state index in [2.05, 4.69) is 9.98 Å². The summed E-state index contributed by atoms with van der Waals surface area (Å²) < 4.78 is 0. The second kappa shape index (κ2) is 4.49. The van der Waals surface area contributed by atoms with Crippen molar-refractivity contribution in [3.63, 3.8) is 0 Å². The predicted octanol–water partition coefficient (Wildman–Crippen LogP) is -0.0426. The summed E-state index contributed by atoms with van der Waals surface area (Å²) in [5.41, 5.74) is 5.09. The number of ketones is 1.